The maximum absolute atomic E-state index is 9.45. The smallest absolute Gasteiger partial charge is 0.109 e. The Morgan fingerprint density at radius 3 is 1.46 bits per heavy atom. The summed E-state index contributed by atoms with van der Waals surface area (Å²) in [5.41, 5.74) is 3.06. The first kappa shape index (κ1) is 18.5. The van der Waals surface area contributed by atoms with Crippen LogP contribution in [0.3, 0.4) is 0 Å². The summed E-state index contributed by atoms with van der Waals surface area (Å²) in [6, 6.07) is 11.7. The molecule has 6 nitrogen and oxygen atoms in total. The number of fused-ring (bicyclic) bond motifs is 3. The number of aromatic nitrogens is 2. The van der Waals surface area contributed by atoms with Crippen LogP contribution in [0, 0.1) is 0 Å². The second kappa shape index (κ2) is 7.55. The van der Waals surface area contributed by atoms with Crippen LogP contribution >= 0.6 is 24.4 Å². The van der Waals surface area contributed by atoms with Gasteiger partial charge in [-0.3, -0.25) is 30.5 Å². The molecule has 0 radical (unpaired) electrons. The van der Waals surface area contributed by atoms with Crippen LogP contribution in [-0.2, 0) is 12.8 Å². The Hall–Kier alpha value is -2.26. The van der Waals surface area contributed by atoms with E-state index in [1.54, 1.807) is 0 Å². The van der Waals surface area contributed by atoms with Gasteiger partial charge in [-0.1, -0.05) is 48.7 Å². The Morgan fingerprint density at radius 2 is 1.12 bits per heavy atom. The highest BCUT2D eigenvalue weighted by Crippen LogP contribution is 2.23. The molecule has 0 fully saturated rings. The summed E-state index contributed by atoms with van der Waals surface area (Å²) in [5, 5.41) is 22.7. The van der Waals surface area contributed by atoms with E-state index in [4.69, 9.17) is 34.4 Å². The lowest BCUT2D eigenvalue weighted by atomic mass is 10.1. The van der Waals surface area contributed by atoms with Crippen molar-refractivity contribution in [2.24, 2.45) is 0 Å². The highest BCUT2D eigenvalue weighted by Gasteiger charge is 2.10. The van der Waals surface area contributed by atoms with Gasteiger partial charge in [0, 0.05) is 49.1 Å². The Kier molecular flexibility index (Phi) is 5.38. The Labute approximate surface area is 161 Å². The topological polar surface area (TPSA) is 72.7 Å². The quantitative estimate of drug-likeness (QED) is 0.402. The third-order valence-corrected chi connectivity index (χ3v) is 4.84. The minimum Gasteiger partial charge on any atom is -0.288 e. The van der Waals surface area contributed by atoms with E-state index < -0.39 is 0 Å². The summed E-state index contributed by atoms with van der Waals surface area (Å²) >= 11 is 10.3. The number of hydrogen-bond donors (Lipinski definition) is 2. The molecule has 3 rings (SSSR count). The van der Waals surface area contributed by atoms with Crippen LogP contribution in [0.15, 0.2) is 36.4 Å². The van der Waals surface area contributed by atoms with Crippen molar-refractivity contribution in [2.75, 3.05) is 14.1 Å². The van der Waals surface area contributed by atoms with E-state index in [1.807, 2.05) is 36.4 Å². The van der Waals surface area contributed by atoms with E-state index in [0.717, 1.165) is 43.3 Å². The zero-order chi connectivity index (χ0) is 18.8. The third-order valence-electron chi connectivity index (χ3n) is 4.02. The molecule has 134 valence electrons. The molecule has 1 aromatic carbocycles. The van der Waals surface area contributed by atoms with Crippen LogP contribution in [0.2, 0.25) is 0 Å². The average molecular weight is 387 g/mol. The standard InChI is InChI=1S/C18H18N4O2S2/c1-21(23)15(25)9-13-7-5-11-3-4-12-6-8-14(10-16(26)22(2)24)20-18(12)17(11)19-13/h3-8,23-24H,9-10H2,1-2H3. The molecule has 0 aliphatic carbocycles. The summed E-state index contributed by atoms with van der Waals surface area (Å²) in [5.74, 6) is 0. The fraction of sp³-hybridized carbons (Fsp3) is 0.222. The van der Waals surface area contributed by atoms with E-state index in [1.165, 1.54) is 14.1 Å². The molecule has 0 saturated carbocycles. The summed E-state index contributed by atoms with van der Waals surface area (Å²) in [6.07, 6.45) is 0.738. The number of pyridine rings is 2. The van der Waals surface area contributed by atoms with Crippen LogP contribution in [0.25, 0.3) is 21.8 Å². The van der Waals surface area contributed by atoms with E-state index in [2.05, 4.69) is 0 Å². The molecule has 0 spiro atoms. The summed E-state index contributed by atoms with van der Waals surface area (Å²) in [7, 11) is 2.99. The minimum absolute atomic E-state index is 0.369. The van der Waals surface area contributed by atoms with Gasteiger partial charge in [0.1, 0.15) is 9.98 Å². The molecule has 2 N–H and O–H groups in total. The number of hydroxylamine groups is 4. The molecular formula is C18H18N4O2S2. The van der Waals surface area contributed by atoms with Gasteiger partial charge in [-0.15, -0.1) is 0 Å². The van der Waals surface area contributed by atoms with Crippen molar-refractivity contribution in [1.82, 2.24) is 20.1 Å². The lowest BCUT2D eigenvalue weighted by Gasteiger charge is -2.13. The van der Waals surface area contributed by atoms with Crippen LogP contribution in [0.4, 0.5) is 0 Å². The number of likely N-dealkylation sites (N-methyl/N-ethyl adjacent to an activating group) is 2. The van der Waals surface area contributed by atoms with Crippen molar-refractivity contribution in [1.29, 1.82) is 0 Å². The highest BCUT2D eigenvalue weighted by atomic mass is 32.1. The number of hydrogen-bond acceptors (Lipinski definition) is 6. The van der Waals surface area contributed by atoms with Crippen molar-refractivity contribution in [2.45, 2.75) is 12.8 Å². The van der Waals surface area contributed by atoms with Gasteiger partial charge in [-0.05, 0) is 12.1 Å². The van der Waals surface area contributed by atoms with Crippen molar-refractivity contribution in [3.8, 4) is 0 Å². The van der Waals surface area contributed by atoms with E-state index in [-0.39, 0.29) is 0 Å². The fourth-order valence-corrected chi connectivity index (χ4v) is 2.88. The Morgan fingerprint density at radius 1 is 0.769 bits per heavy atom. The van der Waals surface area contributed by atoms with Gasteiger partial charge in [-0.2, -0.15) is 0 Å². The summed E-state index contributed by atoms with van der Waals surface area (Å²) in [6.45, 7) is 0. The molecule has 3 aromatic rings. The largest absolute Gasteiger partial charge is 0.288 e. The predicted molar refractivity (Wildman–Crippen MR) is 109 cm³/mol. The predicted octanol–water partition coefficient (Wildman–Crippen LogP) is 3.16. The first-order valence-corrected chi connectivity index (χ1v) is 8.76. The van der Waals surface area contributed by atoms with Gasteiger partial charge < -0.3 is 0 Å². The second-order valence-electron chi connectivity index (χ2n) is 6.00. The van der Waals surface area contributed by atoms with Crippen molar-refractivity contribution in [3.05, 3.63) is 47.8 Å². The molecule has 0 saturated heterocycles. The molecule has 0 aliphatic heterocycles. The number of thiocarbonyl (C=S) groups is 2. The number of benzene rings is 1. The SMILES string of the molecule is CN(O)C(=S)Cc1ccc2ccc3ccc(CC(=S)N(C)O)nc3c2n1. The number of nitrogens with zero attached hydrogens (tertiary/aromatic N) is 4. The Bertz CT molecular complexity index is 924. The maximum Gasteiger partial charge on any atom is 0.109 e. The van der Waals surface area contributed by atoms with Crippen LogP contribution < -0.4 is 0 Å². The third kappa shape index (κ3) is 3.94. The van der Waals surface area contributed by atoms with Crippen molar-refractivity contribution in [3.63, 3.8) is 0 Å². The fourth-order valence-electron chi connectivity index (χ4n) is 2.58. The molecule has 0 amide bonds. The summed E-state index contributed by atoms with van der Waals surface area (Å²) < 4.78 is 0. The van der Waals surface area contributed by atoms with Gasteiger partial charge in [0.2, 0.25) is 0 Å². The lowest BCUT2D eigenvalue weighted by molar-refractivity contribution is 0.0146. The molecule has 2 heterocycles. The van der Waals surface area contributed by atoms with Gasteiger partial charge in [-0.25, -0.2) is 0 Å². The molecule has 0 atom stereocenters. The molecule has 2 aromatic heterocycles. The number of rotatable bonds is 4. The van der Waals surface area contributed by atoms with E-state index >= 15 is 0 Å². The van der Waals surface area contributed by atoms with Crippen molar-refractivity contribution < 1.29 is 10.4 Å². The van der Waals surface area contributed by atoms with Crippen molar-refractivity contribution >= 4 is 56.2 Å². The molecule has 0 bridgehead atoms. The van der Waals surface area contributed by atoms with Gasteiger partial charge in [0.05, 0.1) is 11.0 Å². The lowest BCUT2D eigenvalue weighted by Crippen LogP contribution is -2.22. The van der Waals surface area contributed by atoms with Gasteiger partial charge in [0.25, 0.3) is 0 Å². The normalized spacial score (nSPS) is 10.9. The molecule has 0 unspecified atom stereocenters. The van der Waals surface area contributed by atoms with Gasteiger partial charge >= 0.3 is 0 Å². The monoisotopic (exact) mass is 386 g/mol. The van der Waals surface area contributed by atoms with Crippen LogP contribution in [0.5, 0.6) is 0 Å². The molecule has 8 heteroatoms. The summed E-state index contributed by atoms with van der Waals surface area (Å²) in [4.78, 5) is 10.2. The van der Waals surface area contributed by atoms with Crippen LogP contribution in [0.1, 0.15) is 11.4 Å². The van der Waals surface area contributed by atoms with Gasteiger partial charge in [0.15, 0.2) is 0 Å². The zero-order valence-electron chi connectivity index (χ0n) is 14.4. The maximum atomic E-state index is 9.45. The molecule has 0 aliphatic rings. The second-order valence-corrected chi connectivity index (χ2v) is 6.94. The Balaban J connectivity index is 2.06. The molecular weight excluding hydrogens is 368 g/mol. The minimum atomic E-state index is 0.369. The first-order valence-electron chi connectivity index (χ1n) is 7.94. The average Bonchev–Trinajstić information content (AvgIpc) is 2.61. The molecule has 26 heavy (non-hydrogen) atoms. The van der Waals surface area contributed by atoms with Crippen LogP contribution in [-0.4, -0.2) is 54.6 Å². The highest BCUT2D eigenvalue weighted by molar-refractivity contribution is 7.80. The van der Waals surface area contributed by atoms with E-state index in [9.17, 15) is 10.4 Å². The zero-order valence-corrected chi connectivity index (χ0v) is 16.0. The van der Waals surface area contributed by atoms with E-state index in [0.29, 0.717) is 22.8 Å². The first-order chi connectivity index (χ1) is 12.3.